The van der Waals surface area contributed by atoms with E-state index in [1.54, 1.807) is 11.3 Å². The normalized spacial score (nSPS) is 13.8. The van der Waals surface area contributed by atoms with Gasteiger partial charge in [-0.15, -0.1) is 11.3 Å². The molecule has 0 aliphatic rings. The number of thiophene rings is 1. The van der Waals surface area contributed by atoms with E-state index in [2.05, 4.69) is 0 Å². The van der Waals surface area contributed by atoms with Gasteiger partial charge in [-0.05, 0) is 18.4 Å². The summed E-state index contributed by atoms with van der Waals surface area (Å²) in [5, 5.41) is 2.00. The van der Waals surface area contributed by atoms with Crippen LogP contribution in [0.25, 0.3) is 0 Å². The summed E-state index contributed by atoms with van der Waals surface area (Å²) in [6, 6.07) is 3.92. The van der Waals surface area contributed by atoms with Gasteiger partial charge in [0.05, 0.1) is 6.04 Å². The number of nitrogens with one attached hydrogen (secondary N) is 1. The Labute approximate surface area is 53.1 Å². The van der Waals surface area contributed by atoms with Crippen LogP contribution in [0.3, 0.4) is 0 Å². The van der Waals surface area contributed by atoms with Crippen molar-refractivity contribution in [2.45, 2.75) is 13.0 Å². The lowest BCUT2D eigenvalue weighted by Gasteiger charge is -1.94. The Balaban J connectivity index is 2.77. The third kappa shape index (κ3) is 1.08. The molecule has 0 spiro atoms. The molecule has 0 saturated carbocycles. The van der Waals surface area contributed by atoms with Gasteiger partial charge in [0, 0.05) is 4.88 Å². The van der Waals surface area contributed by atoms with Crippen molar-refractivity contribution in [2.75, 3.05) is 0 Å². The Hall–Kier alpha value is -0.340. The first kappa shape index (κ1) is 5.79. The predicted octanol–water partition coefficient (Wildman–Crippen LogP) is 2.09. The highest BCUT2D eigenvalue weighted by atomic mass is 32.1. The van der Waals surface area contributed by atoms with Gasteiger partial charge in [0.25, 0.3) is 0 Å². The number of hydrogen-bond donors (Lipinski definition) is 0. The van der Waals surface area contributed by atoms with Gasteiger partial charge in [-0.3, -0.25) is 0 Å². The quantitative estimate of drug-likeness (QED) is 0.550. The summed E-state index contributed by atoms with van der Waals surface area (Å²) in [6.45, 7) is 1.88. The lowest BCUT2D eigenvalue weighted by atomic mass is 10.3. The first-order chi connectivity index (χ1) is 3.80. The van der Waals surface area contributed by atoms with Crippen LogP contribution in [0.15, 0.2) is 17.5 Å². The summed E-state index contributed by atoms with van der Waals surface area (Å²) in [4.78, 5) is 1.14. The Kier molecular flexibility index (Phi) is 1.65. The monoisotopic (exact) mass is 126 g/mol. The van der Waals surface area contributed by atoms with E-state index in [0.29, 0.717) is 0 Å². The van der Waals surface area contributed by atoms with Crippen molar-refractivity contribution in [1.29, 1.82) is 0 Å². The van der Waals surface area contributed by atoms with E-state index in [4.69, 9.17) is 5.73 Å². The van der Waals surface area contributed by atoms with Crippen LogP contribution in [0.5, 0.6) is 0 Å². The molecule has 1 nitrogen and oxygen atoms in total. The molecule has 1 radical (unpaired) electrons. The maximum Gasteiger partial charge on any atom is 0.0527 e. The summed E-state index contributed by atoms with van der Waals surface area (Å²) in [5.41, 5.74) is 7.25. The highest BCUT2D eigenvalue weighted by molar-refractivity contribution is 7.10. The van der Waals surface area contributed by atoms with Crippen molar-refractivity contribution in [3.63, 3.8) is 0 Å². The topological polar surface area (TPSA) is 23.8 Å². The summed E-state index contributed by atoms with van der Waals surface area (Å²) in [7, 11) is 0. The van der Waals surface area contributed by atoms with Crippen molar-refractivity contribution in [1.82, 2.24) is 5.73 Å². The molecule has 1 N–H and O–H groups in total. The van der Waals surface area contributed by atoms with Gasteiger partial charge in [0.1, 0.15) is 0 Å². The van der Waals surface area contributed by atoms with Crippen LogP contribution in [-0.4, -0.2) is 0 Å². The molecule has 1 rings (SSSR count). The predicted molar refractivity (Wildman–Crippen MR) is 35.8 cm³/mol. The van der Waals surface area contributed by atoms with Gasteiger partial charge < -0.3 is 0 Å². The minimum absolute atomic E-state index is 0.0463. The van der Waals surface area contributed by atoms with Gasteiger partial charge in [-0.2, -0.15) is 0 Å². The zero-order valence-corrected chi connectivity index (χ0v) is 5.53. The maximum absolute atomic E-state index is 7.25. The molecule has 8 heavy (non-hydrogen) atoms. The molecule has 0 aromatic carbocycles. The SMILES string of the molecule is CC([NH])c1cccs1. The van der Waals surface area contributed by atoms with Gasteiger partial charge in [0.15, 0.2) is 0 Å². The van der Waals surface area contributed by atoms with Gasteiger partial charge in [0.2, 0.25) is 0 Å². The first-order valence-electron chi connectivity index (χ1n) is 2.55. The van der Waals surface area contributed by atoms with Crippen LogP contribution in [-0.2, 0) is 0 Å². The van der Waals surface area contributed by atoms with Crippen molar-refractivity contribution < 1.29 is 0 Å². The molecule has 0 aliphatic carbocycles. The van der Waals surface area contributed by atoms with Gasteiger partial charge in [-0.1, -0.05) is 6.07 Å². The smallest absolute Gasteiger partial charge is 0.0527 e. The molecule has 1 heterocycles. The fourth-order valence-electron chi connectivity index (χ4n) is 0.538. The minimum atomic E-state index is -0.0463. The zero-order valence-electron chi connectivity index (χ0n) is 4.72. The van der Waals surface area contributed by atoms with Crippen molar-refractivity contribution in [3.05, 3.63) is 22.4 Å². The average molecular weight is 126 g/mol. The Morgan fingerprint density at radius 1 is 1.75 bits per heavy atom. The molecule has 1 atom stereocenters. The second-order valence-corrected chi connectivity index (χ2v) is 2.72. The molecule has 1 aromatic heterocycles. The van der Waals surface area contributed by atoms with Crippen LogP contribution < -0.4 is 5.73 Å². The van der Waals surface area contributed by atoms with E-state index in [1.807, 2.05) is 24.4 Å². The molecule has 1 unspecified atom stereocenters. The second-order valence-electron chi connectivity index (χ2n) is 1.74. The largest absolute Gasteiger partial charge is 0.249 e. The fraction of sp³-hybridized carbons (Fsp3) is 0.333. The molecule has 2 heteroatoms. The zero-order chi connectivity index (χ0) is 5.98. The molecule has 0 aliphatic heterocycles. The van der Waals surface area contributed by atoms with E-state index in [9.17, 15) is 0 Å². The van der Waals surface area contributed by atoms with E-state index in [0.717, 1.165) is 4.88 Å². The third-order valence-corrected chi connectivity index (χ3v) is 2.02. The van der Waals surface area contributed by atoms with Crippen molar-refractivity contribution >= 4 is 11.3 Å². The average Bonchev–Trinajstić information content (AvgIpc) is 2.12. The summed E-state index contributed by atoms with van der Waals surface area (Å²) >= 11 is 1.64. The Morgan fingerprint density at radius 3 is 2.75 bits per heavy atom. The van der Waals surface area contributed by atoms with E-state index < -0.39 is 0 Å². The van der Waals surface area contributed by atoms with Crippen LogP contribution >= 0.6 is 11.3 Å². The summed E-state index contributed by atoms with van der Waals surface area (Å²) < 4.78 is 0. The Bertz CT molecular complexity index is 144. The van der Waals surface area contributed by atoms with Crippen LogP contribution in [0.4, 0.5) is 0 Å². The maximum atomic E-state index is 7.25. The lowest BCUT2D eigenvalue weighted by Crippen LogP contribution is -1.86. The molecule has 43 valence electrons. The minimum Gasteiger partial charge on any atom is -0.249 e. The summed E-state index contributed by atoms with van der Waals surface area (Å²) in [5.74, 6) is 0. The fourth-order valence-corrected chi connectivity index (χ4v) is 1.21. The van der Waals surface area contributed by atoms with E-state index >= 15 is 0 Å². The third-order valence-electron chi connectivity index (χ3n) is 0.970. The van der Waals surface area contributed by atoms with Gasteiger partial charge in [-0.25, -0.2) is 5.73 Å². The molecule has 0 fully saturated rings. The summed E-state index contributed by atoms with van der Waals surface area (Å²) in [6.07, 6.45) is 0. The highest BCUT2D eigenvalue weighted by Crippen LogP contribution is 2.16. The lowest BCUT2D eigenvalue weighted by molar-refractivity contribution is 0.806. The molecular formula is C6H8NS. The second kappa shape index (κ2) is 2.29. The molecule has 0 bridgehead atoms. The van der Waals surface area contributed by atoms with Crippen molar-refractivity contribution in [2.24, 2.45) is 0 Å². The van der Waals surface area contributed by atoms with Crippen molar-refractivity contribution in [3.8, 4) is 0 Å². The van der Waals surface area contributed by atoms with E-state index in [1.165, 1.54) is 0 Å². The first-order valence-corrected chi connectivity index (χ1v) is 3.43. The number of rotatable bonds is 1. The standard InChI is InChI=1S/C6H8NS/c1-5(7)6-3-2-4-8-6/h2-5,7H,1H3. The van der Waals surface area contributed by atoms with Gasteiger partial charge >= 0.3 is 0 Å². The van der Waals surface area contributed by atoms with Crippen LogP contribution in [0.1, 0.15) is 17.8 Å². The molecular weight excluding hydrogens is 118 g/mol. The molecule has 1 aromatic rings. The highest BCUT2D eigenvalue weighted by Gasteiger charge is 1.97. The molecule has 0 saturated heterocycles. The molecule has 0 amide bonds. The van der Waals surface area contributed by atoms with Crippen LogP contribution in [0, 0.1) is 0 Å². The van der Waals surface area contributed by atoms with Crippen LogP contribution in [0.2, 0.25) is 0 Å². The number of hydrogen-bond acceptors (Lipinski definition) is 1. The Morgan fingerprint density at radius 2 is 2.50 bits per heavy atom. The van der Waals surface area contributed by atoms with E-state index in [-0.39, 0.29) is 6.04 Å².